The Labute approximate surface area is 111 Å². The molecule has 1 rings (SSSR count). The lowest BCUT2D eigenvalue weighted by molar-refractivity contribution is 0.0438. The Morgan fingerprint density at radius 2 is 1.89 bits per heavy atom. The lowest BCUT2D eigenvalue weighted by Crippen LogP contribution is -2.44. The van der Waals surface area contributed by atoms with Gasteiger partial charge in [-0.3, -0.25) is 4.79 Å². The van der Waals surface area contributed by atoms with Crippen LogP contribution in [0.4, 0.5) is 0 Å². The van der Waals surface area contributed by atoms with Gasteiger partial charge >= 0.3 is 0 Å². The molecule has 0 spiro atoms. The molecule has 1 amide bonds. The fourth-order valence-electron chi connectivity index (χ4n) is 1.94. The molecule has 0 saturated heterocycles. The lowest BCUT2D eigenvalue weighted by atomic mass is 10.2. The Bertz CT molecular complexity index is 413. The molecule has 4 heteroatoms. The second-order valence-corrected chi connectivity index (χ2v) is 10.4. The second kappa shape index (κ2) is 6.16. The van der Waals surface area contributed by atoms with Gasteiger partial charge in [-0.25, -0.2) is 0 Å². The first-order valence-corrected chi connectivity index (χ1v) is 9.79. The van der Waals surface area contributed by atoms with Crippen LogP contribution in [0.2, 0.25) is 19.6 Å². The molecule has 1 aromatic rings. The Morgan fingerprint density at radius 3 is 2.39 bits per heavy atom. The van der Waals surface area contributed by atoms with Crippen LogP contribution < -0.4 is 5.19 Å². The second-order valence-electron chi connectivity index (χ2n) is 5.37. The molecule has 100 valence electrons. The first-order valence-electron chi connectivity index (χ1n) is 6.29. The van der Waals surface area contributed by atoms with Crippen molar-refractivity contribution >= 4 is 19.2 Å². The van der Waals surface area contributed by atoms with Gasteiger partial charge in [0.2, 0.25) is 0 Å². The highest BCUT2D eigenvalue weighted by molar-refractivity contribution is 6.89. The van der Waals surface area contributed by atoms with Crippen molar-refractivity contribution in [2.45, 2.75) is 26.6 Å². The van der Waals surface area contributed by atoms with Gasteiger partial charge in [-0.2, -0.15) is 0 Å². The van der Waals surface area contributed by atoms with E-state index in [4.69, 9.17) is 4.74 Å². The van der Waals surface area contributed by atoms with Gasteiger partial charge in [0.15, 0.2) is 0 Å². The van der Waals surface area contributed by atoms with E-state index in [-0.39, 0.29) is 5.91 Å². The van der Waals surface area contributed by atoms with Crippen LogP contribution in [0.1, 0.15) is 17.3 Å². The van der Waals surface area contributed by atoms with E-state index in [9.17, 15) is 4.79 Å². The minimum atomic E-state index is -1.51. The van der Waals surface area contributed by atoms with E-state index >= 15 is 0 Å². The summed E-state index contributed by atoms with van der Waals surface area (Å²) in [5.74, 6) is 0.0670. The van der Waals surface area contributed by atoms with Crippen molar-refractivity contribution < 1.29 is 9.53 Å². The van der Waals surface area contributed by atoms with Crippen molar-refractivity contribution in [3.05, 3.63) is 29.8 Å². The summed E-state index contributed by atoms with van der Waals surface area (Å²) in [6, 6.07) is 7.95. The Kier molecular flexibility index (Phi) is 5.11. The van der Waals surface area contributed by atoms with E-state index < -0.39 is 8.07 Å². The Balaban J connectivity index is 3.13. The molecule has 3 nitrogen and oxygen atoms in total. The fraction of sp³-hybridized carbons (Fsp3) is 0.500. The third kappa shape index (κ3) is 3.43. The summed E-state index contributed by atoms with van der Waals surface area (Å²) >= 11 is 0. The van der Waals surface area contributed by atoms with Gasteiger partial charge in [-0.05, 0) is 18.2 Å². The molecule has 0 bridgehead atoms. The SMILES string of the molecule is CCN(COC)C(=O)c1ccccc1[Si](C)(C)C. The minimum absolute atomic E-state index is 0.0670. The molecule has 0 heterocycles. The van der Waals surface area contributed by atoms with Crippen LogP contribution in [0, 0.1) is 0 Å². The average molecular weight is 265 g/mol. The van der Waals surface area contributed by atoms with Crippen LogP contribution in [-0.2, 0) is 4.74 Å². The van der Waals surface area contributed by atoms with Crippen molar-refractivity contribution in [3.8, 4) is 0 Å². The molecule has 18 heavy (non-hydrogen) atoms. The van der Waals surface area contributed by atoms with Crippen molar-refractivity contribution in [1.82, 2.24) is 4.90 Å². The van der Waals surface area contributed by atoms with Gasteiger partial charge in [0.1, 0.15) is 6.73 Å². The molecule has 1 aromatic carbocycles. The number of amides is 1. The van der Waals surface area contributed by atoms with Crippen LogP contribution >= 0.6 is 0 Å². The molecule has 0 aromatic heterocycles. The Hall–Kier alpha value is -1.13. The van der Waals surface area contributed by atoms with E-state index in [1.54, 1.807) is 12.0 Å². The van der Waals surface area contributed by atoms with Gasteiger partial charge in [0.05, 0.1) is 8.07 Å². The van der Waals surface area contributed by atoms with Crippen LogP contribution in [-0.4, -0.2) is 39.3 Å². The standard InChI is InChI=1S/C14H23NO2Si/c1-6-15(11-17-2)14(16)12-9-7-8-10-13(12)18(3,4)5/h7-10H,6,11H2,1-5H3. The molecular formula is C14H23NO2Si. The number of carbonyl (C=O) groups is 1. The maximum Gasteiger partial charge on any atom is 0.255 e. The highest BCUT2D eigenvalue weighted by Gasteiger charge is 2.25. The molecular weight excluding hydrogens is 242 g/mol. The molecule has 0 radical (unpaired) electrons. The quantitative estimate of drug-likeness (QED) is 0.604. The zero-order valence-corrected chi connectivity index (χ0v) is 13.0. The summed E-state index contributed by atoms with van der Waals surface area (Å²) in [6.07, 6.45) is 0. The monoisotopic (exact) mass is 265 g/mol. The van der Waals surface area contributed by atoms with Gasteiger partial charge in [0, 0.05) is 19.2 Å². The molecule has 0 aliphatic rings. The van der Waals surface area contributed by atoms with Crippen molar-refractivity contribution in [1.29, 1.82) is 0 Å². The first kappa shape index (κ1) is 14.9. The van der Waals surface area contributed by atoms with Crippen molar-refractivity contribution in [2.75, 3.05) is 20.4 Å². The summed E-state index contributed by atoms with van der Waals surface area (Å²) in [6.45, 7) is 9.74. The predicted molar refractivity (Wildman–Crippen MR) is 78.0 cm³/mol. The van der Waals surface area contributed by atoms with Crippen molar-refractivity contribution in [2.24, 2.45) is 0 Å². The van der Waals surface area contributed by atoms with E-state index in [2.05, 4.69) is 25.7 Å². The molecule has 0 aliphatic carbocycles. The molecule has 0 aliphatic heterocycles. The maximum absolute atomic E-state index is 12.5. The highest BCUT2D eigenvalue weighted by Crippen LogP contribution is 2.10. The molecule has 0 fully saturated rings. The van der Waals surface area contributed by atoms with E-state index in [0.717, 1.165) is 5.56 Å². The highest BCUT2D eigenvalue weighted by atomic mass is 28.3. The van der Waals surface area contributed by atoms with E-state index in [1.165, 1.54) is 5.19 Å². The third-order valence-electron chi connectivity index (χ3n) is 2.92. The summed E-state index contributed by atoms with van der Waals surface area (Å²) in [7, 11) is 0.101. The van der Waals surface area contributed by atoms with Crippen LogP contribution in [0.15, 0.2) is 24.3 Å². The largest absolute Gasteiger partial charge is 0.364 e. The Morgan fingerprint density at radius 1 is 1.28 bits per heavy atom. The summed E-state index contributed by atoms with van der Waals surface area (Å²) in [5.41, 5.74) is 0.829. The van der Waals surface area contributed by atoms with Crippen LogP contribution in [0.5, 0.6) is 0 Å². The predicted octanol–water partition coefficient (Wildman–Crippen LogP) is 2.30. The maximum atomic E-state index is 12.5. The summed E-state index contributed by atoms with van der Waals surface area (Å²) < 4.78 is 5.08. The van der Waals surface area contributed by atoms with Gasteiger partial charge < -0.3 is 9.64 Å². The van der Waals surface area contributed by atoms with E-state index in [0.29, 0.717) is 13.3 Å². The number of carbonyl (C=O) groups excluding carboxylic acids is 1. The normalized spacial score (nSPS) is 11.4. The molecule has 0 unspecified atom stereocenters. The number of hydrogen-bond donors (Lipinski definition) is 0. The smallest absolute Gasteiger partial charge is 0.255 e. The van der Waals surface area contributed by atoms with Crippen LogP contribution in [0.25, 0.3) is 0 Å². The average Bonchev–Trinajstić information content (AvgIpc) is 2.34. The molecule has 0 N–H and O–H groups in total. The van der Waals surface area contributed by atoms with E-state index in [1.807, 2.05) is 25.1 Å². The number of rotatable bonds is 5. The molecule has 0 atom stereocenters. The summed E-state index contributed by atoms with van der Waals surface area (Å²) in [4.78, 5) is 14.2. The van der Waals surface area contributed by atoms with Crippen LogP contribution in [0.3, 0.4) is 0 Å². The fourth-order valence-corrected chi connectivity index (χ4v) is 3.54. The topological polar surface area (TPSA) is 29.5 Å². The minimum Gasteiger partial charge on any atom is -0.364 e. The number of nitrogens with zero attached hydrogens (tertiary/aromatic N) is 1. The zero-order chi connectivity index (χ0) is 13.8. The van der Waals surface area contributed by atoms with Gasteiger partial charge in [-0.15, -0.1) is 0 Å². The lowest BCUT2D eigenvalue weighted by Gasteiger charge is -2.25. The number of methoxy groups -OCH3 is 1. The number of hydrogen-bond acceptors (Lipinski definition) is 2. The first-order chi connectivity index (χ1) is 8.41. The number of ether oxygens (including phenoxy) is 1. The van der Waals surface area contributed by atoms with Gasteiger partial charge in [0.25, 0.3) is 5.91 Å². The van der Waals surface area contributed by atoms with Gasteiger partial charge in [-0.1, -0.05) is 37.8 Å². The van der Waals surface area contributed by atoms with Crippen molar-refractivity contribution in [3.63, 3.8) is 0 Å². The number of benzene rings is 1. The molecule has 0 saturated carbocycles. The summed E-state index contributed by atoms with van der Waals surface area (Å²) in [5, 5.41) is 1.21. The zero-order valence-electron chi connectivity index (χ0n) is 12.0. The third-order valence-corrected chi connectivity index (χ3v) is 4.97.